The highest BCUT2D eigenvalue weighted by atomic mass is 32.1. The largest absolute Gasteiger partial charge is 0.465 e. The molecule has 1 spiro atoms. The molecule has 3 aliphatic heterocycles. The molecule has 0 radical (unpaired) electrons. The molecule has 4 aliphatic rings. The minimum atomic E-state index is -0.874. The number of hydrogen-bond donors (Lipinski definition) is 3. The number of pyridine rings is 1. The number of hydrogen-bond acceptors (Lipinski definition) is 12. The zero-order valence-corrected chi connectivity index (χ0v) is 34.7. The number of aliphatic hydroxyl groups excluding tert-OH is 1. The van der Waals surface area contributed by atoms with Crippen molar-refractivity contribution in [2.24, 2.45) is 10.8 Å². The first-order chi connectivity index (χ1) is 27.1. The smallest absolute Gasteiger partial charge is 0.339 e. The Kier molecular flexibility index (Phi) is 11.7. The van der Waals surface area contributed by atoms with Gasteiger partial charge in [0.2, 0.25) is 17.7 Å². The average molecular weight is 801 g/mol. The van der Waals surface area contributed by atoms with Gasteiger partial charge in [0.05, 0.1) is 47.4 Å². The van der Waals surface area contributed by atoms with Gasteiger partial charge in [-0.1, -0.05) is 45.0 Å². The Balaban J connectivity index is 0.872. The van der Waals surface area contributed by atoms with E-state index < -0.39 is 23.6 Å². The normalized spacial score (nSPS) is 22.4. The van der Waals surface area contributed by atoms with Crippen LogP contribution in [0.3, 0.4) is 0 Å². The minimum Gasteiger partial charge on any atom is -0.465 e. The Morgan fingerprint density at radius 2 is 1.70 bits per heavy atom. The van der Waals surface area contributed by atoms with Crippen LogP contribution in [0.25, 0.3) is 10.4 Å². The number of carbonyl (C=O) groups excluding carboxylic acids is 4. The summed E-state index contributed by atoms with van der Waals surface area (Å²) in [6.45, 7) is 15.0. The van der Waals surface area contributed by atoms with E-state index in [2.05, 4.69) is 35.3 Å². The van der Waals surface area contributed by atoms with E-state index in [1.54, 1.807) is 23.6 Å². The highest BCUT2D eigenvalue weighted by molar-refractivity contribution is 7.13. The van der Waals surface area contributed by atoms with Crippen LogP contribution < -0.4 is 15.5 Å². The summed E-state index contributed by atoms with van der Waals surface area (Å²) in [5.74, 6) is -0.427. The second-order valence-corrected chi connectivity index (χ2v) is 18.4. The Bertz CT molecular complexity index is 1930. The van der Waals surface area contributed by atoms with E-state index in [0.717, 1.165) is 79.6 Å². The molecule has 3 aromatic rings. The Morgan fingerprint density at radius 3 is 2.30 bits per heavy atom. The Morgan fingerprint density at radius 1 is 1.00 bits per heavy atom. The number of methoxy groups -OCH3 is 1. The number of nitrogens with zero attached hydrogens (tertiary/aromatic N) is 6. The molecule has 4 fully saturated rings. The Hall–Kier alpha value is -4.44. The molecule has 0 bridgehead atoms. The fraction of sp³-hybridized carbons (Fsp3) is 0.571. The van der Waals surface area contributed by atoms with Gasteiger partial charge in [-0.2, -0.15) is 0 Å². The van der Waals surface area contributed by atoms with Gasteiger partial charge < -0.3 is 30.3 Å². The lowest BCUT2D eigenvalue weighted by Crippen LogP contribution is -2.68. The second-order valence-electron chi connectivity index (χ2n) is 17.5. The molecular weight excluding hydrogens is 745 g/mol. The van der Waals surface area contributed by atoms with Crippen LogP contribution in [0, 0.1) is 17.8 Å². The molecule has 306 valence electrons. The van der Waals surface area contributed by atoms with Crippen molar-refractivity contribution in [3.63, 3.8) is 0 Å². The van der Waals surface area contributed by atoms with Crippen LogP contribution in [0.15, 0.2) is 48.1 Å². The van der Waals surface area contributed by atoms with E-state index >= 15 is 0 Å². The van der Waals surface area contributed by atoms with Crippen molar-refractivity contribution in [2.45, 2.75) is 84.2 Å². The van der Waals surface area contributed by atoms with Crippen molar-refractivity contribution in [1.29, 1.82) is 0 Å². The van der Waals surface area contributed by atoms with E-state index in [-0.39, 0.29) is 49.2 Å². The number of piperazine rings is 1. The molecule has 3 saturated heterocycles. The number of benzene rings is 1. The molecule has 1 aliphatic carbocycles. The summed E-state index contributed by atoms with van der Waals surface area (Å²) in [5, 5.41) is 16.7. The topological polar surface area (TPSA) is 161 Å². The first-order valence-electron chi connectivity index (χ1n) is 20.0. The van der Waals surface area contributed by atoms with Crippen LogP contribution in [0.1, 0.15) is 74.6 Å². The summed E-state index contributed by atoms with van der Waals surface area (Å²) < 4.78 is 4.77. The third kappa shape index (κ3) is 8.86. The number of likely N-dealkylation sites (tertiary alicyclic amines) is 1. The summed E-state index contributed by atoms with van der Waals surface area (Å²) in [7, 11) is 1.36. The number of amides is 3. The monoisotopic (exact) mass is 800 g/mol. The molecule has 2 unspecified atom stereocenters. The fourth-order valence-electron chi connectivity index (χ4n) is 8.91. The zero-order chi connectivity index (χ0) is 40.6. The summed E-state index contributed by atoms with van der Waals surface area (Å²) in [6.07, 6.45) is 3.15. The van der Waals surface area contributed by atoms with Crippen LogP contribution in [-0.2, 0) is 19.1 Å². The van der Waals surface area contributed by atoms with Gasteiger partial charge in [0, 0.05) is 69.9 Å². The number of aliphatic hydroxyl groups is 1. The number of anilines is 1. The van der Waals surface area contributed by atoms with Crippen molar-refractivity contribution in [1.82, 2.24) is 35.3 Å². The van der Waals surface area contributed by atoms with E-state index in [1.165, 1.54) is 12.0 Å². The third-order valence-electron chi connectivity index (χ3n) is 12.2. The summed E-state index contributed by atoms with van der Waals surface area (Å²) in [4.78, 5) is 71.4. The lowest BCUT2D eigenvalue weighted by atomic mass is 9.60. The third-order valence-corrected chi connectivity index (χ3v) is 13.2. The predicted octanol–water partition coefficient (Wildman–Crippen LogP) is 3.26. The van der Waals surface area contributed by atoms with Crippen LogP contribution in [0.2, 0.25) is 0 Å². The number of aryl methyl sites for hydroxylation is 1. The van der Waals surface area contributed by atoms with Gasteiger partial charge in [-0.15, -0.1) is 11.3 Å². The van der Waals surface area contributed by atoms with Gasteiger partial charge >= 0.3 is 5.97 Å². The fourth-order valence-corrected chi connectivity index (χ4v) is 9.72. The van der Waals surface area contributed by atoms with Crippen molar-refractivity contribution in [3.05, 3.63) is 64.9 Å². The van der Waals surface area contributed by atoms with Crippen molar-refractivity contribution in [3.8, 4) is 10.4 Å². The molecular formula is C42H56N8O6S. The molecule has 2 aromatic heterocycles. The van der Waals surface area contributed by atoms with Gasteiger partial charge in [-0.3, -0.25) is 24.2 Å². The molecule has 3 N–H and O–H groups in total. The lowest BCUT2D eigenvalue weighted by Gasteiger charge is -2.62. The minimum absolute atomic E-state index is 0.0279. The van der Waals surface area contributed by atoms with Gasteiger partial charge in [0.1, 0.15) is 17.9 Å². The number of thiazole rings is 1. The van der Waals surface area contributed by atoms with Gasteiger partial charge in [0.25, 0.3) is 0 Å². The zero-order valence-electron chi connectivity index (χ0n) is 33.9. The van der Waals surface area contributed by atoms with Crippen molar-refractivity contribution in [2.75, 3.05) is 64.4 Å². The van der Waals surface area contributed by atoms with Gasteiger partial charge in [-0.25, -0.2) is 14.8 Å². The number of ether oxygens (including phenoxy) is 1. The summed E-state index contributed by atoms with van der Waals surface area (Å²) in [6, 6.07) is 10.1. The van der Waals surface area contributed by atoms with E-state index in [0.29, 0.717) is 17.0 Å². The number of aromatic nitrogens is 2. The predicted molar refractivity (Wildman–Crippen MR) is 218 cm³/mol. The van der Waals surface area contributed by atoms with E-state index in [9.17, 15) is 24.3 Å². The van der Waals surface area contributed by atoms with Crippen LogP contribution >= 0.6 is 11.3 Å². The second kappa shape index (κ2) is 16.4. The Labute approximate surface area is 339 Å². The molecule has 4 atom stereocenters. The lowest BCUT2D eigenvalue weighted by molar-refractivity contribution is -0.144. The first kappa shape index (κ1) is 40.7. The average Bonchev–Trinajstić information content (AvgIpc) is 3.77. The highest BCUT2D eigenvalue weighted by Gasteiger charge is 2.54. The van der Waals surface area contributed by atoms with Gasteiger partial charge in [-0.05, 0) is 55.4 Å². The molecule has 14 nitrogen and oxygen atoms in total. The maximum absolute atomic E-state index is 14.2. The number of rotatable bonds is 11. The molecule has 7 rings (SSSR count). The maximum Gasteiger partial charge on any atom is 0.339 e. The standard InChI is InChI=1S/C42H56N8O6S/c1-26(28-7-9-29(10-8-28)36-27(2)44-25-57-36)45-38(53)33-17-32(51)21-50(33)39(54)37(41(3,4)5)46-35(52)22-47-13-15-48(16-14-47)31-18-42(19-31)23-49(24-42)34-12-11-30(20-43-34)40(55)56-6/h7-12,20,25-26,31-33,37,51H,13-19,21-24H2,1-6H3,(H,45,53)(H,46,52)/t26?,32-,33+,37?/m1/s1. The first-order valence-corrected chi connectivity index (χ1v) is 20.9. The summed E-state index contributed by atoms with van der Waals surface area (Å²) >= 11 is 1.59. The van der Waals surface area contributed by atoms with E-state index in [4.69, 9.17) is 4.74 Å². The van der Waals surface area contributed by atoms with Crippen LogP contribution in [-0.4, -0.2) is 137 Å². The maximum atomic E-state index is 14.2. The van der Waals surface area contributed by atoms with E-state index in [1.807, 2.05) is 70.5 Å². The number of esters is 1. The number of carbonyl (C=O) groups is 4. The molecule has 5 heterocycles. The molecule has 57 heavy (non-hydrogen) atoms. The molecule has 1 saturated carbocycles. The number of nitrogens with one attached hydrogen (secondary N) is 2. The molecule has 15 heteroatoms. The number of β-amino-alcohol motifs (C(OH)–C–C–N with tert-alkyl or cyclic N) is 1. The van der Waals surface area contributed by atoms with Gasteiger partial charge in [0.15, 0.2) is 0 Å². The van der Waals surface area contributed by atoms with Crippen LogP contribution in [0.4, 0.5) is 5.82 Å². The highest BCUT2D eigenvalue weighted by Crippen LogP contribution is 2.51. The SMILES string of the molecule is COC(=O)c1ccc(N2CC3(CC(N4CCN(CC(=O)NC(C(=O)N5C[C@H](O)C[C@H]5C(=O)NC(C)c5ccc(-c6scnc6C)cc5)C(C)(C)C)CC4)C3)C2)nc1. The molecule has 1 aromatic carbocycles. The van der Waals surface area contributed by atoms with Crippen molar-refractivity contribution < 1.29 is 29.0 Å². The quantitative estimate of drug-likeness (QED) is 0.245. The van der Waals surface area contributed by atoms with Crippen LogP contribution in [0.5, 0.6) is 0 Å². The molecule has 3 amide bonds. The van der Waals surface area contributed by atoms with Crippen molar-refractivity contribution >= 4 is 40.8 Å². The summed E-state index contributed by atoms with van der Waals surface area (Å²) in [5.41, 5.74) is 4.92.